The molecule has 1 amide bonds. The van der Waals surface area contributed by atoms with Gasteiger partial charge in [-0.2, -0.15) is 0 Å². The number of fused-ring (bicyclic) bond motifs is 2. The van der Waals surface area contributed by atoms with E-state index in [1.165, 1.54) is 0 Å². The Morgan fingerprint density at radius 3 is 2.23 bits per heavy atom. The molecular formula is C25H35N5O. The Labute approximate surface area is 185 Å². The highest BCUT2D eigenvalue weighted by Crippen LogP contribution is 2.25. The molecule has 0 saturated heterocycles. The number of para-hydroxylation sites is 2. The van der Waals surface area contributed by atoms with Crippen molar-refractivity contribution in [1.82, 2.24) is 20.9 Å². The van der Waals surface area contributed by atoms with Crippen LogP contribution in [0.15, 0.2) is 48.5 Å². The van der Waals surface area contributed by atoms with E-state index in [1.54, 1.807) is 0 Å². The van der Waals surface area contributed by atoms with Crippen LogP contribution in [0.3, 0.4) is 0 Å². The molecule has 3 aromatic rings. The summed E-state index contributed by atoms with van der Waals surface area (Å²) in [6, 6.07) is 16.1. The van der Waals surface area contributed by atoms with Gasteiger partial charge < -0.3 is 21.7 Å². The van der Waals surface area contributed by atoms with E-state index < -0.39 is 0 Å². The van der Waals surface area contributed by atoms with E-state index in [0.29, 0.717) is 12.6 Å². The first-order chi connectivity index (χ1) is 15.2. The molecule has 0 aliphatic rings. The number of hydrogen-bond donors (Lipinski definition) is 4. The molecule has 0 aliphatic carbocycles. The summed E-state index contributed by atoms with van der Waals surface area (Å²) in [6.07, 6.45) is 4.10. The minimum absolute atomic E-state index is 0.0287. The van der Waals surface area contributed by atoms with Crippen LogP contribution in [0.5, 0.6) is 0 Å². The highest BCUT2D eigenvalue weighted by atomic mass is 16.1. The molecule has 0 fully saturated rings. The lowest BCUT2D eigenvalue weighted by Gasteiger charge is -2.15. The number of carbonyl (C=O) groups excluding carboxylic acids is 1. The lowest BCUT2D eigenvalue weighted by molar-refractivity contribution is 0.0956. The fourth-order valence-corrected chi connectivity index (χ4v) is 3.80. The van der Waals surface area contributed by atoms with Crippen molar-refractivity contribution < 1.29 is 4.79 Å². The van der Waals surface area contributed by atoms with Gasteiger partial charge in [-0.25, -0.2) is 4.98 Å². The third-order valence-corrected chi connectivity index (χ3v) is 5.50. The van der Waals surface area contributed by atoms with E-state index >= 15 is 0 Å². The summed E-state index contributed by atoms with van der Waals surface area (Å²) >= 11 is 0. The van der Waals surface area contributed by atoms with Crippen LogP contribution in [0.1, 0.15) is 43.0 Å². The Balaban J connectivity index is 1.46. The second-order valence-corrected chi connectivity index (χ2v) is 8.02. The SMILES string of the molecule is CC(CCCNC(=O)c1c2ccccc2nc2ccccc12)NCCCNCCCN. The van der Waals surface area contributed by atoms with Crippen LogP contribution in [-0.2, 0) is 0 Å². The highest BCUT2D eigenvalue weighted by Gasteiger charge is 2.15. The van der Waals surface area contributed by atoms with Crippen molar-refractivity contribution in [2.45, 2.75) is 38.6 Å². The molecule has 3 rings (SSSR count). The molecule has 1 unspecified atom stereocenters. The van der Waals surface area contributed by atoms with Gasteiger partial charge in [-0.05, 0) is 70.9 Å². The molecule has 2 aromatic carbocycles. The maximum Gasteiger partial charge on any atom is 0.252 e. The number of rotatable bonds is 13. The molecule has 0 saturated carbocycles. The molecule has 1 atom stereocenters. The van der Waals surface area contributed by atoms with Crippen LogP contribution in [0.2, 0.25) is 0 Å². The lowest BCUT2D eigenvalue weighted by atomic mass is 10.0. The molecule has 0 spiro atoms. The zero-order valence-corrected chi connectivity index (χ0v) is 18.5. The molecule has 0 bridgehead atoms. The summed E-state index contributed by atoms with van der Waals surface area (Å²) < 4.78 is 0. The summed E-state index contributed by atoms with van der Waals surface area (Å²) in [6.45, 7) is 6.62. The first kappa shape index (κ1) is 23.1. The van der Waals surface area contributed by atoms with Crippen molar-refractivity contribution in [2.24, 2.45) is 5.73 Å². The van der Waals surface area contributed by atoms with Crippen molar-refractivity contribution in [1.29, 1.82) is 0 Å². The number of carbonyl (C=O) groups is 1. The van der Waals surface area contributed by atoms with E-state index in [9.17, 15) is 4.79 Å². The standard InChI is InChI=1S/C25H35N5O/c1-19(28-18-8-16-27-15-7-14-26)9-6-17-29-25(31)24-20-10-2-4-12-22(20)30-23-13-5-3-11-21(23)24/h2-5,10-13,19,27-28H,6-9,14-18,26H2,1H3,(H,29,31). The van der Waals surface area contributed by atoms with Gasteiger partial charge in [-0.3, -0.25) is 4.79 Å². The van der Waals surface area contributed by atoms with Crippen molar-refractivity contribution in [3.05, 3.63) is 54.1 Å². The van der Waals surface area contributed by atoms with E-state index in [1.807, 2.05) is 48.5 Å². The Morgan fingerprint density at radius 1 is 0.903 bits per heavy atom. The molecule has 0 radical (unpaired) electrons. The quantitative estimate of drug-likeness (QED) is 0.251. The first-order valence-corrected chi connectivity index (χ1v) is 11.4. The van der Waals surface area contributed by atoms with Crippen LogP contribution >= 0.6 is 0 Å². The van der Waals surface area contributed by atoms with E-state index in [-0.39, 0.29) is 5.91 Å². The van der Waals surface area contributed by atoms with Crippen molar-refractivity contribution >= 4 is 27.7 Å². The van der Waals surface area contributed by atoms with Crippen LogP contribution in [0, 0.1) is 0 Å². The third-order valence-electron chi connectivity index (χ3n) is 5.50. The number of aromatic nitrogens is 1. The molecular weight excluding hydrogens is 386 g/mol. The predicted octanol–water partition coefficient (Wildman–Crippen LogP) is 3.20. The number of benzene rings is 2. The predicted molar refractivity (Wildman–Crippen MR) is 129 cm³/mol. The van der Waals surface area contributed by atoms with Gasteiger partial charge in [0.25, 0.3) is 5.91 Å². The Bertz CT molecular complexity index is 920. The van der Waals surface area contributed by atoms with E-state index in [2.05, 4.69) is 22.9 Å². The Morgan fingerprint density at radius 2 is 1.55 bits per heavy atom. The maximum absolute atomic E-state index is 13.1. The van der Waals surface area contributed by atoms with Gasteiger partial charge in [0.15, 0.2) is 0 Å². The summed E-state index contributed by atoms with van der Waals surface area (Å²) in [5.41, 5.74) is 7.90. The van der Waals surface area contributed by atoms with Gasteiger partial charge in [0.05, 0.1) is 16.6 Å². The molecule has 6 heteroatoms. The number of nitrogens with zero attached hydrogens (tertiary/aromatic N) is 1. The number of pyridine rings is 1. The average Bonchev–Trinajstić information content (AvgIpc) is 2.79. The topological polar surface area (TPSA) is 92.1 Å². The number of amides is 1. The normalized spacial score (nSPS) is 12.3. The third kappa shape index (κ3) is 6.72. The van der Waals surface area contributed by atoms with Crippen molar-refractivity contribution in [3.8, 4) is 0 Å². The van der Waals surface area contributed by atoms with Crippen LogP contribution in [-0.4, -0.2) is 49.7 Å². The minimum atomic E-state index is -0.0287. The smallest absolute Gasteiger partial charge is 0.252 e. The zero-order chi connectivity index (χ0) is 21.9. The van der Waals surface area contributed by atoms with Crippen molar-refractivity contribution in [2.75, 3.05) is 32.7 Å². The van der Waals surface area contributed by atoms with Crippen LogP contribution < -0.4 is 21.7 Å². The van der Waals surface area contributed by atoms with E-state index in [4.69, 9.17) is 10.7 Å². The van der Waals surface area contributed by atoms with Gasteiger partial charge in [0.1, 0.15) is 0 Å². The summed E-state index contributed by atoms with van der Waals surface area (Å²) in [7, 11) is 0. The fourth-order valence-electron chi connectivity index (χ4n) is 3.80. The molecule has 1 aromatic heterocycles. The lowest BCUT2D eigenvalue weighted by Crippen LogP contribution is -2.31. The molecule has 6 nitrogen and oxygen atoms in total. The molecule has 5 N–H and O–H groups in total. The summed E-state index contributed by atoms with van der Waals surface area (Å²) in [5, 5.41) is 11.9. The summed E-state index contributed by atoms with van der Waals surface area (Å²) in [4.78, 5) is 17.8. The Kier molecular flexibility index (Phi) is 9.21. The summed E-state index contributed by atoms with van der Waals surface area (Å²) in [5.74, 6) is -0.0287. The minimum Gasteiger partial charge on any atom is -0.352 e. The van der Waals surface area contributed by atoms with E-state index in [0.717, 1.165) is 79.2 Å². The van der Waals surface area contributed by atoms with Gasteiger partial charge >= 0.3 is 0 Å². The van der Waals surface area contributed by atoms with Crippen molar-refractivity contribution in [3.63, 3.8) is 0 Å². The maximum atomic E-state index is 13.1. The van der Waals surface area contributed by atoms with Gasteiger partial charge in [0.2, 0.25) is 0 Å². The molecule has 0 aliphatic heterocycles. The van der Waals surface area contributed by atoms with Gasteiger partial charge in [-0.1, -0.05) is 36.4 Å². The molecule has 31 heavy (non-hydrogen) atoms. The monoisotopic (exact) mass is 421 g/mol. The van der Waals surface area contributed by atoms with Crippen LogP contribution in [0.4, 0.5) is 0 Å². The number of nitrogens with two attached hydrogens (primary N) is 1. The second-order valence-electron chi connectivity index (χ2n) is 8.02. The molecule has 1 heterocycles. The first-order valence-electron chi connectivity index (χ1n) is 11.4. The van der Waals surface area contributed by atoms with Gasteiger partial charge in [0, 0.05) is 23.4 Å². The number of hydrogen-bond acceptors (Lipinski definition) is 5. The second kappa shape index (κ2) is 12.3. The highest BCUT2D eigenvalue weighted by molar-refractivity contribution is 6.16. The average molecular weight is 422 g/mol. The molecule has 166 valence electrons. The number of nitrogens with one attached hydrogen (secondary N) is 3. The van der Waals surface area contributed by atoms with Crippen LogP contribution in [0.25, 0.3) is 21.8 Å². The van der Waals surface area contributed by atoms with Gasteiger partial charge in [-0.15, -0.1) is 0 Å². The fraction of sp³-hybridized carbons (Fsp3) is 0.440. The Hall–Kier alpha value is -2.54. The zero-order valence-electron chi connectivity index (χ0n) is 18.5. The largest absolute Gasteiger partial charge is 0.352 e.